The number of fused-ring (bicyclic) bond motifs is 2. The van der Waals surface area contributed by atoms with Crippen LogP contribution in [0.3, 0.4) is 0 Å². The number of amides is 1. The van der Waals surface area contributed by atoms with E-state index in [4.69, 9.17) is 9.84 Å². The number of carbonyl (C=O) groups is 2. The average Bonchev–Trinajstić information content (AvgIpc) is 3.59. The van der Waals surface area contributed by atoms with Crippen LogP contribution in [0.2, 0.25) is 0 Å². The van der Waals surface area contributed by atoms with Gasteiger partial charge in [-0.1, -0.05) is 0 Å². The van der Waals surface area contributed by atoms with Crippen molar-refractivity contribution in [3.8, 4) is 22.9 Å². The van der Waals surface area contributed by atoms with Gasteiger partial charge in [0.1, 0.15) is 23.5 Å². The molecular formula is C25H19F2N3O7. The first-order chi connectivity index (χ1) is 17.5. The van der Waals surface area contributed by atoms with E-state index in [2.05, 4.69) is 19.9 Å². The van der Waals surface area contributed by atoms with Gasteiger partial charge in [-0.2, -0.15) is 9.78 Å². The second-order valence-electron chi connectivity index (χ2n) is 9.36. The maximum absolute atomic E-state index is 13.5. The molecule has 10 nitrogen and oxygen atoms in total. The van der Waals surface area contributed by atoms with Gasteiger partial charge in [0.05, 0.1) is 16.9 Å². The molecule has 2 aromatic carbocycles. The van der Waals surface area contributed by atoms with Gasteiger partial charge in [-0.05, 0) is 56.2 Å². The number of carboxylic acid groups (broad SMARTS) is 1. The van der Waals surface area contributed by atoms with Gasteiger partial charge >= 0.3 is 12.3 Å². The molecular weight excluding hydrogens is 492 g/mol. The Kier molecular flexibility index (Phi) is 4.81. The van der Waals surface area contributed by atoms with Crippen LogP contribution in [0.25, 0.3) is 5.69 Å². The number of ether oxygens (including phenoxy) is 3. The summed E-state index contributed by atoms with van der Waals surface area (Å²) in [7, 11) is 0. The van der Waals surface area contributed by atoms with E-state index in [0.717, 1.165) is 17.5 Å². The van der Waals surface area contributed by atoms with Crippen LogP contribution in [0.4, 0.5) is 14.5 Å². The Morgan fingerprint density at radius 3 is 2.41 bits per heavy atom. The zero-order valence-electron chi connectivity index (χ0n) is 19.3. The lowest BCUT2D eigenvalue weighted by atomic mass is 9.83. The Bertz CT molecular complexity index is 1530. The molecule has 1 atom stereocenters. The summed E-state index contributed by atoms with van der Waals surface area (Å²) in [6, 6.07) is 9.69. The molecule has 190 valence electrons. The molecule has 1 fully saturated rings. The summed E-state index contributed by atoms with van der Waals surface area (Å²) in [6.07, 6.45) is -2.05. The lowest BCUT2D eigenvalue weighted by molar-refractivity contribution is -0.286. The van der Waals surface area contributed by atoms with E-state index in [9.17, 15) is 23.2 Å². The van der Waals surface area contributed by atoms with Crippen molar-refractivity contribution in [1.82, 2.24) is 9.78 Å². The largest absolute Gasteiger partial charge is 0.586 e. The zero-order chi connectivity index (χ0) is 26.1. The highest BCUT2D eigenvalue weighted by Crippen LogP contribution is 2.50. The van der Waals surface area contributed by atoms with Crippen molar-refractivity contribution in [2.45, 2.75) is 37.4 Å². The monoisotopic (exact) mass is 511 g/mol. The van der Waals surface area contributed by atoms with Crippen LogP contribution in [0.1, 0.15) is 47.3 Å². The number of rotatable bonds is 5. The molecule has 0 spiro atoms. The number of carbonyl (C=O) groups excluding carboxylic acids is 1. The van der Waals surface area contributed by atoms with Gasteiger partial charge in [0.25, 0.3) is 5.56 Å². The quantitative estimate of drug-likeness (QED) is 0.533. The Morgan fingerprint density at radius 1 is 1.08 bits per heavy atom. The van der Waals surface area contributed by atoms with Crippen molar-refractivity contribution in [2.75, 3.05) is 11.9 Å². The summed E-state index contributed by atoms with van der Waals surface area (Å²) in [6.45, 7) is 1.47. The number of aromatic carboxylic acids is 1. The van der Waals surface area contributed by atoms with E-state index < -0.39 is 29.1 Å². The van der Waals surface area contributed by atoms with Crippen molar-refractivity contribution in [3.05, 3.63) is 69.6 Å². The van der Waals surface area contributed by atoms with Gasteiger partial charge < -0.3 is 24.6 Å². The molecule has 12 heteroatoms. The summed E-state index contributed by atoms with van der Waals surface area (Å²) in [5.41, 5.74) is -0.658. The van der Waals surface area contributed by atoms with Crippen LogP contribution in [-0.4, -0.2) is 39.7 Å². The third-order valence-corrected chi connectivity index (χ3v) is 6.65. The molecule has 0 radical (unpaired) electrons. The van der Waals surface area contributed by atoms with Crippen LogP contribution < -0.4 is 25.1 Å². The van der Waals surface area contributed by atoms with E-state index in [1.165, 1.54) is 42.5 Å². The lowest BCUT2D eigenvalue weighted by Gasteiger charge is -2.22. The van der Waals surface area contributed by atoms with Gasteiger partial charge in [-0.3, -0.25) is 9.59 Å². The highest BCUT2D eigenvalue weighted by atomic mass is 19.3. The van der Waals surface area contributed by atoms with Gasteiger partial charge in [-0.25, -0.2) is 4.79 Å². The van der Waals surface area contributed by atoms with E-state index in [-0.39, 0.29) is 41.0 Å². The van der Waals surface area contributed by atoms with E-state index >= 15 is 0 Å². The normalized spacial score (nSPS) is 20.7. The minimum atomic E-state index is -3.82. The molecule has 0 saturated heterocycles. The molecule has 3 aromatic rings. The topological polar surface area (TPSA) is 129 Å². The first-order valence-electron chi connectivity index (χ1n) is 11.4. The van der Waals surface area contributed by atoms with Crippen LogP contribution in [-0.2, 0) is 10.2 Å². The summed E-state index contributed by atoms with van der Waals surface area (Å²) in [5, 5.41) is 16.3. The molecule has 1 saturated carbocycles. The van der Waals surface area contributed by atoms with Crippen molar-refractivity contribution < 1.29 is 37.7 Å². The van der Waals surface area contributed by atoms with Crippen molar-refractivity contribution >= 4 is 17.6 Å². The number of anilines is 1. The lowest BCUT2D eigenvalue weighted by Crippen LogP contribution is -2.41. The number of carboxylic acids is 1. The predicted molar refractivity (Wildman–Crippen MR) is 123 cm³/mol. The van der Waals surface area contributed by atoms with Crippen LogP contribution in [0, 0.1) is 0 Å². The molecule has 1 aliphatic carbocycles. The van der Waals surface area contributed by atoms with Crippen molar-refractivity contribution in [3.63, 3.8) is 0 Å². The first kappa shape index (κ1) is 23.0. The second kappa shape index (κ2) is 7.76. The van der Waals surface area contributed by atoms with Gasteiger partial charge in [-0.15, -0.1) is 8.78 Å². The smallest absolute Gasteiger partial charge is 0.492 e. The third-order valence-electron chi connectivity index (χ3n) is 6.65. The fraction of sp³-hybridized carbons (Fsp3) is 0.280. The zero-order valence-corrected chi connectivity index (χ0v) is 19.3. The number of aromatic nitrogens is 2. The third kappa shape index (κ3) is 3.85. The summed E-state index contributed by atoms with van der Waals surface area (Å²) in [5.74, 6) is -1.79. The number of benzene rings is 2. The number of nitrogens with zero attached hydrogens (tertiary/aromatic N) is 2. The summed E-state index contributed by atoms with van der Waals surface area (Å²) >= 11 is 0. The maximum atomic E-state index is 13.5. The number of halogens is 2. The predicted octanol–water partition coefficient (Wildman–Crippen LogP) is 3.42. The highest BCUT2D eigenvalue weighted by molar-refractivity contribution is 6.00. The molecule has 6 rings (SSSR count). The maximum Gasteiger partial charge on any atom is 0.586 e. The standard InChI is InChI=1S/C25H19F2N3O7/c1-24(11-35-18-10-20-19(8-15(18)24)36-25(26,27)37-20)23(34)28-17-9-16(12-2-3-12)29-30(21(17)31)14-6-4-13(5-7-14)22(32)33/h4-10,12H,2-3,11H2,1H3,(H,28,34)(H,32,33)/t24-/m0/s1. The fourth-order valence-corrected chi connectivity index (χ4v) is 4.38. The van der Waals surface area contributed by atoms with E-state index in [0.29, 0.717) is 16.9 Å². The SMILES string of the molecule is C[C@]1(C(=O)Nc2cc(C3CC3)nn(-c3ccc(C(=O)O)cc3)c2=O)COc2cc3c(cc21)OC(F)(F)O3. The minimum absolute atomic E-state index is 0.0221. The molecule has 0 unspecified atom stereocenters. The van der Waals surface area contributed by atoms with E-state index in [1.54, 1.807) is 6.92 Å². The summed E-state index contributed by atoms with van der Waals surface area (Å²) < 4.78 is 42.7. The molecule has 2 N–H and O–H groups in total. The Morgan fingerprint density at radius 2 is 1.76 bits per heavy atom. The second-order valence-corrected chi connectivity index (χ2v) is 9.36. The molecule has 2 aliphatic heterocycles. The van der Waals surface area contributed by atoms with Gasteiger partial charge in [0.2, 0.25) is 5.91 Å². The van der Waals surface area contributed by atoms with Crippen LogP contribution in [0.15, 0.2) is 47.3 Å². The molecule has 0 bridgehead atoms. The average molecular weight is 511 g/mol. The Balaban J connectivity index is 1.35. The Labute approximate surface area is 207 Å². The number of nitrogens with one attached hydrogen (secondary N) is 1. The fourth-order valence-electron chi connectivity index (χ4n) is 4.38. The molecule has 1 aromatic heterocycles. The van der Waals surface area contributed by atoms with Crippen LogP contribution >= 0.6 is 0 Å². The molecule has 37 heavy (non-hydrogen) atoms. The highest BCUT2D eigenvalue weighted by Gasteiger charge is 2.49. The minimum Gasteiger partial charge on any atom is -0.492 e. The molecule has 1 amide bonds. The van der Waals surface area contributed by atoms with E-state index in [1.807, 2.05) is 0 Å². The summed E-state index contributed by atoms with van der Waals surface area (Å²) in [4.78, 5) is 38.0. The van der Waals surface area contributed by atoms with Crippen LogP contribution in [0.5, 0.6) is 17.2 Å². The number of alkyl halides is 2. The van der Waals surface area contributed by atoms with Crippen molar-refractivity contribution in [1.29, 1.82) is 0 Å². The van der Waals surface area contributed by atoms with Gasteiger partial charge in [0.15, 0.2) is 11.5 Å². The van der Waals surface area contributed by atoms with Gasteiger partial charge in [0, 0.05) is 17.5 Å². The molecule has 3 heterocycles. The number of hydrogen-bond donors (Lipinski definition) is 2. The Hall–Kier alpha value is -4.48. The van der Waals surface area contributed by atoms with Crippen molar-refractivity contribution in [2.24, 2.45) is 0 Å². The molecule has 3 aliphatic rings. The first-order valence-corrected chi connectivity index (χ1v) is 11.4. The number of hydrogen-bond acceptors (Lipinski definition) is 7.